The molecule has 0 bridgehead atoms. The molecule has 21 heavy (non-hydrogen) atoms. The minimum Gasteiger partial charge on any atom is -0.465 e. The molecule has 0 unspecified atom stereocenters. The van der Waals surface area contributed by atoms with Crippen LogP contribution in [-0.2, 0) is 4.74 Å². The van der Waals surface area contributed by atoms with Crippen LogP contribution >= 0.6 is 0 Å². The topological polar surface area (TPSA) is 39.2 Å². The van der Waals surface area contributed by atoms with Crippen LogP contribution in [0.4, 0.5) is 4.39 Å². The SMILES string of the molecule is COC(=O)c1cc(-c2cccc(F)c2)nc2ccccc12. The first kappa shape index (κ1) is 13.2. The van der Waals surface area contributed by atoms with E-state index in [1.807, 2.05) is 24.3 Å². The first-order valence-corrected chi connectivity index (χ1v) is 6.43. The van der Waals surface area contributed by atoms with Crippen LogP contribution < -0.4 is 0 Å². The Labute approximate surface area is 121 Å². The fourth-order valence-corrected chi connectivity index (χ4v) is 2.25. The van der Waals surface area contributed by atoms with Gasteiger partial charge in [0.05, 0.1) is 23.9 Å². The van der Waals surface area contributed by atoms with Crippen LogP contribution in [0.5, 0.6) is 0 Å². The molecule has 0 N–H and O–H groups in total. The van der Waals surface area contributed by atoms with Crippen molar-refractivity contribution in [3.63, 3.8) is 0 Å². The Morgan fingerprint density at radius 3 is 2.67 bits per heavy atom. The van der Waals surface area contributed by atoms with Gasteiger partial charge in [-0.2, -0.15) is 0 Å². The van der Waals surface area contributed by atoms with Crippen molar-refractivity contribution in [2.24, 2.45) is 0 Å². The van der Waals surface area contributed by atoms with Gasteiger partial charge >= 0.3 is 5.97 Å². The molecular formula is C17H12FNO2. The van der Waals surface area contributed by atoms with Crippen LogP contribution in [0.1, 0.15) is 10.4 Å². The number of hydrogen-bond donors (Lipinski definition) is 0. The summed E-state index contributed by atoms with van der Waals surface area (Å²) >= 11 is 0. The molecule has 1 aromatic heterocycles. The van der Waals surface area contributed by atoms with Crippen molar-refractivity contribution in [1.29, 1.82) is 0 Å². The third-order valence-corrected chi connectivity index (χ3v) is 3.24. The van der Waals surface area contributed by atoms with Crippen molar-refractivity contribution in [1.82, 2.24) is 4.98 Å². The van der Waals surface area contributed by atoms with Gasteiger partial charge in [-0.05, 0) is 24.3 Å². The lowest BCUT2D eigenvalue weighted by Gasteiger charge is -2.08. The third-order valence-electron chi connectivity index (χ3n) is 3.24. The first-order chi connectivity index (χ1) is 10.2. The largest absolute Gasteiger partial charge is 0.465 e. The van der Waals surface area contributed by atoms with E-state index in [2.05, 4.69) is 4.98 Å². The molecule has 4 heteroatoms. The van der Waals surface area contributed by atoms with Gasteiger partial charge in [-0.15, -0.1) is 0 Å². The lowest BCUT2D eigenvalue weighted by Crippen LogP contribution is -2.03. The number of halogens is 1. The van der Waals surface area contributed by atoms with E-state index < -0.39 is 5.97 Å². The van der Waals surface area contributed by atoms with Gasteiger partial charge in [0.25, 0.3) is 0 Å². The summed E-state index contributed by atoms with van der Waals surface area (Å²) in [6.07, 6.45) is 0. The van der Waals surface area contributed by atoms with Gasteiger partial charge in [-0.25, -0.2) is 14.2 Å². The Morgan fingerprint density at radius 2 is 1.90 bits per heavy atom. The Bertz CT molecular complexity index is 830. The predicted molar refractivity (Wildman–Crippen MR) is 78.5 cm³/mol. The van der Waals surface area contributed by atoms with Gasteiger partial charge < -0.3 is 4.74 Å². The summed E-state index contributed by atoms with van der Waals surface area (Å²) in [5, 5.41) is 0.713. The van der Waals surface area contributed by atoms with Gasteiger partial charge in [-0.3, -0.25) is 0 Å². The minimum atomic E-state index is -0.439. The molecule has 3 rings (SSSR count). The fraction of sp³-hybridized carbons (Fsp3) is 0.0588. The molecule has 0 amide bonds. The Hall–Kier alpha value is -2.75. The maximum atomic E-state index is 13.4. The highest BCUT2D eigenvalue weighted by Crippen LogP contribution is 2.25. The predicted octanol–water partition coefficient (Wildman–Crippen LogP) is 3.83. The smallest absolute Gasteiger partial charge is 0.338 e. The molecule has 0 radical (unpaired) electrons. The van der Waals surface area contributed by atoms with Crippen LogP contribution in [0, 0.1) is 5.82 Å². The molecule has 0 aliphatic carbocycles. The molecule has 104 valence electrons. The standard InChI is InChI=1S/C17H12FNO2/c1-21-17(20)14-10-16(11-5-4-6-12(18)9-11)19-15-8-3-2-7-13(14)15/h2-10H,1H3. The summed E-state index contributed by atoms with van der Waals surface area (Å²) in [4.78, 5) is 16.4. The van der Waals surface area contributed by atoms with Crippen LogP contribution in [0.3, 0.4) is 0 Å². The second kappa shape index (κ2) is 5.32. The highest BCUT2D eigenvalue weighted by atomic mass is 19.1. The lowest BCUT2D eigenvalue weighted by molar-refractivity contribution is 0.0603. The molecule has 2 aromatic carbocycles. The average molecular weight is 281 g/mol. The Morgan fingerprint density at radius 1 is 1.10 bits per heavy atom. The van der Waals surface area contributed by atoms with E-state index in [9.17, 15) is 9.18 Å². The number of aromatic nitrogens is 1. The minimum absolute atomic E-state index is 0.345. The van der Waals surface area contributed by atoms with Crippen molar-refractivity contribution in [3.8, 4) is 11.3 Å². The van der Waals surface area contributed by atoms with E-state index in [1.165, 1.54) is 19.2 Å². The highest BCUT2D eigenvalue weighted by molar-refractivity contribution is 6.04. The molecule has 0 fully saturated rings. The summed E-state index contributed by atoms with van der Waals surface area (Å²) in [7, 11) is 1.33. The maximum Gasteiger partial charge on any atom is 0.338 e. The summed E-state index contributed by atoms with van der Waals surface area (Å²) in [6, 6.07) is 15.0. The van der Waals surface area contributed by atoms with Gasteiger partial charge in [0.1, 0.15) is 5.82 Å². The quantitative estimate of drug-likeness (QED) is 0.670. The lowest BCUT2D eigenvalue weighted by atomic mass is 10.0. The molecule has 0 atom stereocenters. The van der Waals surface area contributed by atoms with Crippen molar-refractivity contribution in [3.05, 3.63) is 66.0 Å². The molecule has 0 saturated heterocycles. The number of ether oxygens (including phenoxy) is 1. The number of para-hydroxylation sites is 1. The van der Waals surface area contributed by atoms with E-state index in [0.717, 1.165) is 0 Å². The van der Waals surface area contributed by atoms with Crippen LogP contribution in [0.2, 0.25) is 0 Å². The molecular weight excluding hydrogens is 269 g/mol. The van der Waals surface area contributed by atoms with Crippen LogP contribution in [-0.4, -0.2) is 18.1 Å². The molecule has 3 nitrogen and oxygen atoms in total. The zero-order valence-electron chi connectivity index (χ0n) is 11.3. The number of hydrogen-bond acceptors (Lipinski definition) is 3. The van der Waals surface area contributed by atoms with E-state index in [1.54, 1.807) is 18.2 Å². The zero-order chi connectivity index (χ0) is 14.8. The Kier molecular flexibility index (Phi) is 3.36. The fourth-order valence-electron chi connectivity index (χ4n) is 2.25. The van der Waals surface area contributed by atoms with Gasteiger partial charge in [-0.1, -0.05) is 30.3 Å². The van der Waals surface area contributed by atoms with E-state index in [-0.39, 0.29) is 5.82 Å². The monoisotopic (exact) mass is 281 g/mol. The second-order valence-electron chi connectivity index (χ2n) is 4.57. The molecule has 0 spiro atoms. The molecule has 0 aliphatic heterocycles. The first-order valence-electron chi connectivity index (χ1n) is 6.43. The van der Waals surface area contributed by atoms with Gasteiger partial charge in [0.15, 0.2) is 0 Å². The molecule has 1 heterocycles. The van der Waals surface area contributed by atoms with Gasteiger partial charge in [0, 0.05) is 10.9 Å². The van der Waals surface area contributed by atoms with Crippen molar-refractivity contribution >= 4 is 16.9 Å². The van der Waals surface area contributed by atoms with Crippen molar-refractivity contribution in [2.45, 2.75) is 0 Å². The maximum absolute atomic E-state index is 13.4. The second-order valence-corrected chi connectivity index (χ2v) is 4.57. The number of rotatable bonds is 2. The normalized spacial score (nSPS) is 10.6. The summed E-state index contributed by atoms with van der Waals surface area (Å²) in [5.41, 5.74) is 2.24. The molecule has 0 saturated carbocycles. The number of carbonyl (C=O) groups excluding carboxylic acids is 1. The highest BCUT2D eigenvalue weighted by Gasteiger charge is 2.14. The summed E-state index contributed by atoms with van der Waals surface area (Å²) < 4.78 is 18.2. The van der Waals surface area contributed by atoms with E-state index in [0.29, 0.717) is 27.7 Å². The number of nitrogens with zero attached hydrogens (tertiary/aromatic N) is 1. The Balaban J connectivity index is 2.27. The molecule has 0 aliphatic rings. The van der Waals surface area contributed by atoms with Crippen LogP contribution in [0.15, 0.2) is 54.6 Å². The van der Waals surface area contributed by atoms with Crippen molar-refractivity contribution < 1.29 is 13.9 Å². The number of fused-ring (bicyclic) bond motifs is 1. The van der Waals surface area contributed by atoms with Crippen molar-refractivity contribution in [2.75, 3.05) is 7.11 Å². The number of benzene rings is 2. The van der Waals surface area contributed by atoms with Gasteiger partial charge in [0.2, 0.25) is 0 Å². The number of pyridine rings is 1. The average Bonchev–Trinajstić information content (AvgIpc) is 2.53. The number of methoxy groups -OCH3 is 1. The molecule has 3 aromatic rings. The third kappa shape index (κ3) is 2.48. The summed E-state index contributed by atoms with van der Waals surface area (Å²) in [6.45, 7) is 0. The summed E-state index contributed by atoms with van der Waals surface area (Å²) in [5.74, 6) is -0.784. The van der Waals surface area contributed by atoms with Crippen LogP contribution in [0.25, 0.3) is 22.2 Å². The number of carbonyl (C=O) groups is 1. The number of esters is 1. The zero-order valence-corrected chi connectivity index (χ0v) is 11.3. The van der Waals surface area contributed by atoms with E-state index >= 15 is 0 Å². The van der Waals surface area contributed by atoms with E-state index in [4.69, 9.17) is 4.74 Å².